The lowest BCUT2D eigenvalue weighted by Crippen LogP contribution is -2.46. The Morgan fingerprint density at radius 3 is 2.18 bits per heavy atom. The Kier molecular flexibility index (Phi) is 5.28. The highest BCUT2D eigenvalue weighted by Crippen LogP contribution is 2.36. The number of ether oxygens (including phenoxy) is 1. The van der Waals surface area contributed by atoms with Gasteiger partial charge >= 0.3 is 5.97 Å². The van der Waals surface area contributed by atoms with Crippen molar-refractivity contribution in [1.82, 2.24) is 5.32 Å². The lowest BCUT2D eigenvalue weighted by molar-refractivity contribution is -0.169. The highest BCUT2D eigenvalue weighted by atomic mass is 16.6. The van der Waals surface area contributed by atoms with E-state index < -0.39 is 5.60 Å². The van der Waals surface area contributed by atoms with Crippen LogP contribution in [0.5, 0.6) is 0 Å². The normalized spacial score (nSPS) is 18.0. The Morgan fingerprint density at radius 2 is 1.68 bits per heavy atom. The van der Waals surface area contributed by atoms with Crippen molar-refractivity contribution in [3.05, 3.63) is 35.4 Å². The van der Waals surface area contributed by atoms with Gasteiger partial charge in [-0.2, -0.15) is 0 Å². The number of nitrogens with one attached hydrogen (secondary N) is 1. The maximum Gasteiger partial charge on any atom is 0.313 e. The van der Waals surface area contributed by atoms with Crippen LogP contribution in [0, 0.1) is 5.41 Å². The highest BCUT2D eigenvalue weighted by Gasteiger charge is 2.42. The SMILES string of the molecule is CCc1ccc(CC2(C(=O)OC(C)(C)C)CCNCC2)cc1. The molecule has 1 fully saturated rings. The van der Waals surface area contributed by atoms with Crippen molar-refractivity contribution in [3.63, 3.8) is 0 Å². The largest absolute Gasteiger partial charge is 0.460 e. The summed E-state index contributed by atoms with van der Waals surface area (Å²) < 4.78 is 5.73. The van der Waals surface area contributed by atoms with E-state index in [4.69, 9.17) is 4.74 Å². The van der Waals surface area contributed by atoms with Crippen molar-refractivity contribution in [1.29, 1.82) is 0 Å². The van der Waals surface area contributed by atoms with Crippen LogP contribution in [-0.4, -0.2) is 24.7 Å². The van der Waals surface area contributed by atoms with Crippen LogP contribution in [0.15, 0.2) is 24.3 Å². The molecule has 0 unspecified atom stereocenters. The lowest BCUT2D eigenvalue weighted by atomic mass is 9.74. The van der Waals surface area contributed by atoms with Gasteiger partial charge in [0.1, 0.15) is 5.60 Å². The first-order valence-corrected chi connectivity index (χ1v) is 8.37. The standard InChI is InChI=1S/C19H29NO2/c1-5-15-6-8-16(9-7-15)14-19(10-12-20-13-11-19)17(21)22-18(2,3)4/h6-9,20H,5,10-14H2,1-4H3. The molecule has 0 spiro atoms. The molecule has 1 saturated heterocycles. The number of benzene rings is 1. The van der Waals surface area contributed by atoms with Crippen molar-refractivity contribution in [2.75, 3.05) is 13.1 Å². The predicted molar refractivity (Wildman–Crippen MR) is 89.9 cm³/mol. The Balaban J connectivity index is 2.19. The minimum absolute atomic E-state index is 0.0407. The third-order valence-corrected chi connectivity index (χ3v) is 4.37. The molecule has 22 heavy (non-hydrogen) atoms. The number of carbonyl (C=O) groups is 1. The zero-order valence-corrected chi connectivity index (χ0v) is 14.4. The summed E-state index contributed by atoms with van der Waals surface area (Å²) in [5.41, 5.74) is 1.75. The average molecular weight is 303 g/mol. The van der Waals surface area contributed by atoms with Crippen LogP contribution < -0.4 is 5.32 Å². The van der Waals surface area contributed by atoms with E-state index in [2.05, 4.69) is 36.5 Å². The van der Waals surface area contributed by atoms with E-state index in [-0.39, 0.29) is 11.4 Å². The summed E-state index contributed by atoms with van der Waals surface area (Å²) in [5.74, 6) is -0.0407. The molecule has 3 heteroatoms. The van der Waals surface area contributed by atoms with E-state index in [0.717, 1.165) is 38.8 Å². The molecule has 0 bridgehead atoms. The second-order valence-electron chi connectivity index (χ2n) is 7.38. The quantitative estimate of drug-likeness (QED) is 0.865. The van der Waals surface area contributed by atoms with E-state index in [1.54, 1.807) is 0 Å². The first-order chi connectivity index (χ1) is 10.3. The van der Waals surface area contributed by atoms with Gasteiger partial charge in [-0.05, 0) is 70.7 Å². The van der Waals surface area contributed by atoms with Crippen LogP contribution in [0.1, 0.15) is 51.7 Å². The van der Waals surface area contributed by atoms with E-state index in [9.17, 15) is 4.79 Å². The van der Waals surface area contributed by atoms with Crippen molar-refractivity contribution in [3.8, 4) is 0 Å². The number of aryl methyl sites for hydroxylation is 1. The van der Waals surface area contributed by atoms with Crippen LogP contribution in [0.3, 0.4) is 0 Å². The molecule has 3 nitrogen and oxygen atoms in total. The van der Waals surface area contributed by atoms with Gasteiger partial charge in [0.15, 0.2) is 0 Å². The number of hydrogen-bond acceptors (Lipinski definition) is 3. The van der Waals surface area contributed by atoms with Gasteiger partial charge in [-0.3, -0.25) is 4.79 Å². The van der Waals surface area contributed by atoms with Crippen molar-refractivity contribution in [2.24, 2.45) is 5.41 Å². The van der Waals surface area contributed by atoms with Gasteiger partial charge in [0.2, 0.25) is 0 Å². The highest BCUT2D eigenvalue weighted by molar-refractivity contribution is 5.78. The van der Waals surface area contributed by atoms with Gasteiger partial charge in [-0.25, -0.2) is 0 Å². The molecule has 1 aliphatic rings. The molecule has 1 heterocycles. The summed E-state index contributed by atoms with van der Waals surface area (Å²) in [5, 5.41) is 3.35. The number of rotatable bonds is 4. The lowest BCUT2D eigenvalue weighted by Gasteiger charge is -2.37. The molecular weight excluding hydrogens is 274 g/mol. The van der Waals surface area contributed by atoms with Gasteiger partial charge in [-0.1, -0.05) is 31.2 Å². The summed E-state index contributed by atoms with van der Waals surface area (Å²) in [6, 6.07) is 8.65. The third kappa shape index (κ3) is 4.33. The van der Waals surface area contributed by atoms with Gasteiger partial charge in [-0.15, -0.1) is 0 Å². The number of carbonyl (C=O) groups excluding carboxylic acids is 1. The predicted octanol–water partition coefficient (Wildman–Crippen LogP) is 3.50. The third-order valence-electron chi connectivity index (χ3n) is 4.37. The number of hydrogen-bond donors (Lipinski definition) is 1. The van der Waals surface area contributed by atoms with E-state index in [1.165, 1.54) is 11.1 Å². The summed E-state index contributed by atoms with van der Waals surface area (Å²) >= 11 is 0. The fourth-order valence-electron chi connectivity index (χ4n) is 3.03. The minimum atomic E-state index is -0.430. The molecule has 0 amide bonds. The molecule has 2 rings (SSSR count). The first kappa shape index (κ1) is 17.0. The van der Waals surface area contributed by atoms with Crippen LogP contribution in [0.4, 0.5) is 0 Å². The van der Waals surface area contributed by atoms with Gasteiger partial charge in [0, 0.05) is 0 Å². The zero-order valence-electron chi connectivity index (χ0n) is 14.4. The summed E-state index contributed by atoms with van der Waals surface area (Å²) in [7, 11) is 0. The van der Waals surface area contributed by atoms with E-state index in [0.29, 0.717) is 0 Å². The molecule has 0 atom stereocenters. The number of esters is 1. The molecule has 1 aliphatic heterocycles. The Bertz CT molecular complexity index is 493. The van der Waals surface area contributed by atoms with Crippen molar-refractivity contribution < 1.29 is 9.53 Å². The average Bonchev–Trinajstić information content (AvgIpc) is 2.47. The van der Waals surface area contributed by atoms with Gasteiger partial charge in [0.25, 0.3) is 0 Å². The molecule has 0 radical (unpaired) electrons. The Hall–Kier alpha value is -1.35. The summed E-state index contributed by atoms with van der Waals surface area (Å²) in [6.07, 6.45) is 3.50. The summed E-state index contributed by atoms with van der Waals surface area (Å²) in [6.45, 7) is 9.74. The fraction of sp³-hybridized carbons (Fsp3) is 0.632. The molecule has 1 aromatic rings. The second kappa shape index (κ2) is 6.82. The van der Waals surface area contributed by atoms with Crippen LogP contribution in [0.2, 0.25) is 0 Å². The van der Waals surface area contributed by atoms with E-state index >= 15 is 0 Å². The Morgan fingerprint density at radius 1 is 1.14 bits per heavy atom. The molecule has 1 aromatic carbocycles. The molecule has 1 N–H and O–H groups in total. The maximum absolute atomic E-state index is 12.8. The topological polar surface area (TPSA) is 38.3 Å². The zero-order chi connectivity index (χ0) is 16.2. The first-order valence-electron chi connectivity index (χ1n) is 8.37. The molecule has 0 saturated carbocycles. The monoisotopic (exact) mass is 303 g/mol. The van der Waals surface area contributed by atoms with Crippen LogP contribution in [-0.2, 0) is 22.4 Å². The van der Waals surface area contributed by atoms with Gasteiger partial charge < -0.3 is 10.1 Å². The van der Waals surface area contributed by atoms with Crippen LogP contribution >= 0.6 is 0 Å². The molecule has 0 aromatic heterocycles. The van der Waals surface area contributed by atoms with E-state index in [1.807, 2.05) is 20.8 Å². The number of piperidine rings is 1. The van der Waals surface area contributed by atoms with Crippen molar-refractivity contribution in [2.45, 2.75) is 59.0 Å². The maximum atomic E-state index is 12.8. The molecular formula is C19H29NO2. The summed E-state index contributed by atoms with van der Waals surface area (Å²) in [4.78, 5) is 12.8. The molecule has 0 aliphatic carbocycles. The Labute approximate surface area is 134 Å². The second-order valence-corrected chi connectivity index (χ2v) is 7.38. The fourth-order valence-corrected chi connectivity index (χ4v) is 3.03. The molecule has 122 valence electrons. The van der Waals surface area contributed by atoms with Gasteiger partial charge in [0.05, 0.1) is 5.41 Å². The minimum Gasteiger partial charge on any atom is -0.460 e. The van der Waals surface area contributed by atoms with Crippen molar-refractivity contribution >= 4 is 5.97 Å². The smallest absolute Gasteiger partial charge is 0.313 e. The van der Waals surface area contributed by atoms with Crippen LogP contribution in [0.25, 0.3) is 0 Å².